The first-order valence-corrected chi connectivity index (χ1v) is 13.4. The summed E-state index contributed by atoms with van der Waals surface area (Å²) in [6, 6.07) is 12.7. The molecule has 3 aliphatic heterocycles. The van der Waals surface area contributed by atoms with Gasteiger partial charge in [0, 0.05) is 49.9 Å². The Balaban J connectivity index is 1.17. The largest absolute Gasteiger partial charge is 0.491 e. The van der Waals surface area contributed by atoms with Crippen LogP contribution < -0.4 is 15.2 Å². The number of hydrogen-bond acceptors (Lipinski definition) is 6. The van der Waals surface area contributed by atoms with E-state index in [-0.39, 0.29) is 23.6 Å². The number of fused-ring (bicyclic) bond motifs is 1. The smallest absolute Gasteiger partial charge is 0.262 e. The van der Waals surface area contributed by atoms with Gasteiger partial charge in [-0.2, -0.15) is 0 Å². The summed E-state index contributed by atoms with van der Waals surface area (Å²) in [6.45, 7) is 4.51. The maximum absolute atomic E-state index is 15.3. The maximum Gasteiger partial charge on any atom is 0.262 e. The molecule has 3 fully saturated rings. The number of halogens is 1. The molecule has 8 heteroatoms. The third kappa shape index (κ3) is 5.10. The van der Waals surface area contributed by atoms with E-state index in [1.165, 1.54) is 10.6 Å². The van der Waals surface area contributed by atoms with Gasteiger partial charge in [0.15, 0.2) is 0 Å². The second kappa shape index (κ2) is 10.4. The van der Waals surface area contributed by atoms with Gasteiger partial charge in [-0.05, 0) is 80.4 Å². The van der Waals surface area contributed by atoms with Crippen LogP contribution in [0, 0.1) is 5.82 Å². The maximum atomic E-state index is 15.3. The van der Waals surface area contributed by atoms with Gasteiger partial charge in [-0.15, -0.1) is 0 Å². The number of anilines is 1. The molecule has 1 aromatic heterocycles. The normalized spacial score (nSPS) is 24.7. The van der Waals surface area contributed by atoms with Crippen molar-refractivity contribution in [3.63, 3.8) is 0 Å². The minimum Gasteiger partial charge on any atom is -0.491 e. The van der Waals surface area contributed by atoms with E-state index >= 15 is 4.39 Å². The summed E-state index contributed by atoms with van der Waals surface area (Å²) in [5.74, 6) is 0.375. The van der Waals surface area contributed by atoms with Gasteiger partial charge in [-0.25, -0.2) is 4.39 Å². The summed E-state index contributed by atoms with van der Waals surface area (Å²) in [4.78, 5) is 17.7. The second-order valence-corrected chi connectivity index (χ2v) is 10.5. The lowest BCUT2D eigenvalue weighted by molar-refractivity contribution is 0.0513. The Kier molecular flexibility index (Phi) is 6.88. The number of β-amino-alcohol motifs (C(OH)–C–C–N with tert-alkyl or cyclic N) is 1. The third-order valence-corrected chi connectivity index (χ3v) is 7.99. The number of ether oxygens (including phenoxy) is 2. The van der Waals surface area contributed by atoms with Crippen LogP contribution in [0.3, 0.4) is 0 Å². The van der Waals surface area contributed by atoms with Crippen LogP contribution in [-0.2, 0) is 4.74 Å². The van der Waals surface area contributed by atoms with Crippen LogP contribution in [0.15, 0.2) is 53.5 Å². The van der Waals surface area contributed by atoms with E-state index in [9.17, 15) is 9.90 Å². The zero-order valence-corrected chi connectivity index (χ0v) is 21.0. The Hall–Kier alpha value is -2.94. The van der Waals surface area contributed by atoms with Gasteiger partial charge in [-0.3, -0.25) is 14.3 Å². The molecule has 0 aliphatic carbocycles. The Bertz CT molecular complexity index is 1320. The van der Waals surface area contributed by atoms with Crippen molar-refractivity contribution < 1.29 is 19.0 Å². The fraction of sp³-hybridized carbons (Fsp3) is 0.483. The van der Waals surface area contributed by atoms with Gasteiger partial charge in [0.2, 0.25) is 0 Å². The zero-order valence-electron chi connectivity index (χ0n) is 21.0. The number of aliphatic hydroxyl groups is 1. The number of piperidine rings is 1. The van der Waals surface area contributed by atoms with Crippen molar-refractivity contribution in [1.29, 1.82) is 0 Å². The molecule has 3 aromatic rings. The molecule has 0 bridgehead atoms. The van der Waals surface area contributed by atoms with E-state index in [4.69, 9.17) is 9.47 Å². The summed E-state index contributed by atoms with van der Waals surface area (Å²) in [5, 5.41) is 11.4. The highest BCUT2D eigenvalue weighted by Gasteiger charge is 2.31. The number of rotatable bonds is 6. The molecule has 0 spiro atoms. The Morgan fingerprint density at radius 2 is 1.95 bits per heavy atom. The van der Waals surface area contributed by atoms with Gasteiger partial charge in [0.1, 0.15) is 18.2 Å². The van der Waals surface area contributed by atoms with Crippen molar-refractivity contribution >= 4 is 16.5 Å². The molecule has 1 N–H and O–H groups in total. The molecule has 37 heavy (non-hydrogen) atoms. The van der Waals surface area contributed by atoms with Gasteiger partial charge in [0.05, 0.1) is 23.6 Å². The summed E-state index contributed by atoms with van der Waals surface area (Å²) >= 11 is 0. The van der Waals surface area contributed by atoms with E-state index in [1.807, 2.05) is 18.2 Å². The zero-order chi connectivity index (χ0) is 25.4. The molecule has 196 valence electrons. The number of pyridine rings is 1. The lowest BCUT2D eigenvalue weighted by atomic mass is 10.1. The minimum absolute atomic E-state index is 0.130. The van der Waals surface area contributed by atoms with Crippen LogP contribution in [0.5, 0.6) is 5.75 Å². The first-order valence-electron chi connectivity index (χ1n) is 13.4. The van der Waals surface area contributed by atoms with Crippen molar-refractivity contribution in [1.82, 2.24) is 9.47 Å². The summed E-state index contributed by atoms with van der Waals surface area (Å²) in [5.41, 5.74) is 0.868. The van der Waals surface area contributed by atoms with E-state index in [0.717, 1.165) is 63.7 Å². The SMILES string of the molecule is O=c1c2ccc(OCC3CCCO3)cc2ccn1-c1ccc(N2CCC(N3CCCC(O)C3)C2)c(F)c1. The third-order valence-electron chi connectivity index (χ3n) is 7.99. The van der Waals surface area contributed by atoms with Gasteiger partial charge >= 0.3 is 0 Å². The van der Waals surface area contributed by atoms with Gasteiger partial charge < -0.3 is 19.5 Å². The molecule has 6 rings (SSSR count). The monoisotopic (exact) mass is 507 g/mol. The first kappa shape index (κ1) is 24.4. The van der Waals surface area contributed by atoms with E-state index in [0.29, 0.717) is 41.7 Å². The van der Waals surface area contributed by atoms with E-state index in [2.05, 4.69) is 9.80 Å². The highest BCUT2D eigenvalue weighted by Crippen LogP contribution is 2.29. The Morgan fingerprint density at radius 3 is 2.76 bits per heavy atom. The summed E-state index contributed by atoms with van der Waals surface area (Å²) in [7, 11) is 0. The highest BCUT2D eigenvalue weighted by atomic mass is 19.1. The number of benzene rings is 2. The molecule has 3 saturated heterocycles. The quantitative estimate of drug-likeness (QED) is 0.549. The predicted molar refractivity (Wildman–Crippen MR) is 141 cm³/mol. The molecule has 0 saturated carbocycles. The molecule has 4 heterocycles. The number of aliphatic hydroxyl groups excluding tert-OH is 1. The second-order valence-electron chi connectivity index (χ2n) is 10.5. The molecular weight excluding hydrogens is 473 g/mol. The Morgan fingerprint density at radius 1 is 1.03 bits per heavy atom. The minimum atomic E-state index is -0.332. The van der Waals surface area contributed by atoms with Crippen LogP contribution in [0.25, 0.3) is 16.5 Å². The van der Waals surface area contributed by atoms with Crippen molar-refractivity contribution in [2.45, 2.75) is 50.4 Å². The molecular formula is C29H34FN3O4. The molecule has 3 unspecified atom stereocenters. The van der Waals surface area contributed by atoms with Crippen LogP contribution in [-0.4, -0.2) is 72.2 Å². The number of hydrogen-bond donors (Lipinski definition) is 1. The van der Waals surface area contributed by atoms with Crippen molar-refractivity contribution in [2.75, 3.05) is 44.3 Å². The molecule has 0 radical (unpaired) electrons. The standard InChI is InChI=1S/C29H34FN3O4/c30-27-16-21(5-8-28(27)32-12-10-22(17-32)31-11-1-3-23(34)18-31)33-13-9-20-15-24(6-7-26(20)29(33)35)37-19-25-4-2-14-36-25/h5-9,13,15-16,22-23,25,34H,1-4,10-12,14,17-19H2. The van der Waals surface area contributed by atoms with E-state index < -0.39 is 0 Å². The van der Waals surface area contributed by atoms with E-state index in [1.54, 1.807) is 24.4 Å². The Labute approximate surface area is 216 Å². The van der Waals surface area contributed by atoms with Crippen molar-refractivity contribution in [3.05, 3.63) is 64.8 Å². The highest BCUT2D eigenvalue weighted by molar-refractivity contribution is 5.83. The van der Waals surface area contributed by atoms with Crippen LogP contribution >= 0.6 is 0 Å². The average molecular weight is 508 g/mol. The average Bonchev–Trinajstić information content (AvgIpc) is 3.60. The molecule has 3 aliphatic rings. The lowest BCUT2D eigenvalue weighted by Gasteiger charge is -2.34. The fourth-order valence-electron chi connectivity index (χ4n) is 5.96. The molecule has 0 amide bonds. The molecule has 2 aromatic carbocycles. The molecule has 7 nitrogen and oxygen atoms in total. The van der Waals surface area contributed by atoms with Crippen molar-refractivity contribution in [3.8, 4) is 11.4 Å². The summed E-state index contributed by atoms with van der Waals surface area (Å²) in [6.07, 6.45) is 6.46. The topological polar surface area (TPSA) is 67.2 Å². The van der Waals surface area contributed by atoms with Gasteiger partial charge in [0.25, 0.3) is 5.56 Å². The summed E-state index contributed by atoms with van der Waals surface area (Å²) < 4.78 is 28.3. The molecule has 3 atom stereocenters. The van der Waals surface area contributed by atoms with Crippen LogP contribution in [0.4, 0.5) is 10.1 Å². The van der Waals surface area contributed by atoms with Crippen molar-refractivity contribution in [2.24, 2.45) is 0 Å². The fourth-order valence-corrected chi connectivity index (χ4v) is 5.96. The number of nitrogens with zero attached hydrogens (tertiary/aromatic N) is 3. The van der Waals surface area contributed by atoms with Gasteiger partial charge in [-0.1, -0.05) is 0 Å². The predicted octanol–water partition coefficient (Wildman–Crippen LogP) is 3.72. The number of aromatic nitrogens is 1. The van der Waals surface area contributed by atoms with Crippen LogP contribution in [0.1, 0.15) is 32.1 Å². The van der Waals surface area contributed by atoms with Crippen LogP contribution in [0.2, 0.25) is 0 Å². The lowest BCUT2D eigenvalue weighted by Crippen LogP contribution is -2.45. The number of likely N-dealkylation sites (tertiary alicyclic amines) is 1. The first-order chi connectivity index (χ1) is 18.0.